The van der Waals surface area contributed by atoms with Gasteiger partial charge in [0, 0.05) is 43.5 Å². The van der Waals surface area contributed by atoms with Crippen LogP contribution in [-0.4, -0.2) is 47.9 Å². The van der Waals surface area contributed by atoms with Crippen molar-refractivity contribution in [2.75, 3.05) is 31.1 Å². The number of anilines is 1. The largest absolute Gasteiger partial charge is 0.417 e. The molecule has 0 amide bonds. The number of aromatic nitrogens is 1. The lowest BCUT2D eigenvalue weighted by atomic mass is 9.99. The predicted molar refractivity (Wildman–Crippen MR) is 119 cm³/mol. The van der Waals surface area contributed by atoms with E-state index in [-0.39, 0.29) is 17.6 Å². The second-order valence-corrected chi connectivity index (χ2v) is 8.02. The number of alkyl halides is 3. The van der Waals surface area contributed by atoms with Gasteiger partial charge in [-0.05, 0) is 30.7 Å². The summed E-state index contributed by atoms with van der Waals surface area (Å²) >= 11 is 0. The van der Waals surface area contributed by atoms with E-state index in [1.54, 1.807) is 42.5 Å². The molecule has 1 fully saturated rings. The van der Waals surface area contributed by atoms with Gasteiger partial charge >= 0.3 is 6.18 Å². The minimum atomic E-state index is -4.41. The molecule has 4 rings (SSSR count). The van der Waals surface area contributed by atoms with Crippen LogP contribution in [0.1, 0.15) is 22.8 Å². The van der Waals surface area contributed by atoms with Crippen LogP contribution in [0.15, 0.2) is 66.9 Å². The van der Waals surface area contributed by atoms with Crippen molar-refractivity contribution in [1.29, 1.82) is 0 Å². The van der Waals surface area contributed by atoms with Crippen molar-refractivity contribution in [2.24, 2.45) is 0 Å². The fourth-order valence-electron chi connectivity index (χ4n) is 4.00. The molecule has 0 spiro atoms. The first-order valence-electron chi connectivity index (χ1n) is 10.7. The average molecular weight is 457 g/mol. The number of halogens is 4. The lowest BCUT2D eigenvalue weighted by Gasteiger charge is -2.38. The highest BCUT2D eigenvalue weighted by Gasteiger charge is 2.31. The normalized spacial score (nSPS) is 16.0. The summed E-state index contributed by atoms with van der Waals surface area (Å²) < 4.78 is 52.2. The topological polar surface area (TPSA) is 36.4 Å². The zero-order valence-corrected chi connectivity index (χ0v) is 18.0. The number of carbonyl (C=O) groups is 1. The first-order valence-corrected chi connectivity index (χ1v) is 10.7. The van der Waals surface area contributed by atoms with Gasteiger partial charge in [0.2, 0.25) is 0 Å². The number of ketones is 1. The van der Waals surface area contributed by atoms with Crippen LogP contribution in [0.4, 0.5) is 23.4 Å². The summed E-state index contributed by atoms with van der Waals surface area (Å²) in [5.41, 5.74) is 0.965. The molecule has 0 aliphatic carbocycles. The van der Waals surface area contributed by atoms with Crippen LogP contribution in [0.25, 0.3) is 11.1 Å². The van der Waals surface area contributed by atoms with E-state index in [1.807, 2.05) is 16.7 Å². The van der Waals surface area contributed by atoms with Gasteiger partial charge in [0.05, 0.1) is 11.6 Å². The van der Waals surface area contributed by atoms with E-state index >= 15 is 0 Å². The number of hydrogen-bond donors (Lipinski definition) is 0. The molecule has 1 unspecified atom stereocenters. The van der Waals surface area contributed by atoms with Gasteiger partial charge in [-0.1, -0.05) is 42.5 Å². The van der Waals surface area contributed by atoms with Crippen molar-refractivity contribution >= 4 is 11.6 Å². The van der Waals surface area contributed by atoms with Crippen LogP contribution in [0.3, 0.4) is 0 Å². The Morgan fingerprint density at radius 2 is 1.61 bits per heavy atom. The fraction of sp³-hybridized carbons (Fsp3) is 0.280. The molecular formula is C25H23F4N3O. The molecule has 1 aromatic heterocycles. The van der Waals surface area contributed by atoms with Crippen molar-refractivity contribution in [3.63, 3.8) is 0 Å². The highest BCUT2D eigenvalue weighted by Crippen LogP contribution is 2.29. The van der Waals surface area contributed by atoms with Crippen LogP contribution in [0, 0.1) is 5.82 Å². The number of carbonyl (C=O) groups excluding carboxylic acids is 1. The number of piperazine rings is 1. The number of hydrogen-bond acceptors (Lipinski definition) is 4. The lowest BCUT2D eigenvalue weighted by Crippen LogP contribution is -2.52. The summed E-state index contributed by atoms with van der Waals surface area (Å²) in [5.74, 6) is 0.145. The van der Waals surface area contributed by atoms with E-state index in [2.05, 4.69) is 4.98 Å². The van der Waals surface area contributed by atoms with Crippen LogP contribution in [0.2, 0.25) is 0 Å². The number of pyridine rings is 1. The molecule has 172 valence electrons. The number of benzene rings is 2. The quantitative estimate of drug-likeness (QED) is 0.385. The van der Waals surface area contributed by atoms with Crippen LogP contribution < -0.4 is 4.90 Å². The molecule has 2 aromatic carbocycles. The molecule has 1 atom stereocenters. The van der Waals surface area contributed by atoms with Gasteiger partial charge in [0.15, 0.2) is 5.78 Å². The monoisotopic (exact) mass is 457 g/mol. The Morgan fingerprint density at radius 3 is 2.18 bits per heavy atom. The standard InChI is InChI=1S/C25H23F4N3O/c1-17(24(33)19-8-6-18(7-9-19)21-4-2-3-5-22(21)26)31-12-14-32(15-13-31)23-11-10-20(16-30-23)25(27,28)29/h2-11,16-17H,12-15H2,1H3. The summed E-state index contributed by atoms with van der Waals surface area (Å²) in [6.07, 6.45) is -3.56. The third kappa shape index (κ3) is 5.06. The minimum absolute atomic E-state index is 0.0313. The Morgan fingerprint density at radius 1 is 0.939 bits per heavy atom. The maximum atomic E-state index is 14.0. The summed E-state index contributed by atoms with van der Waals surface area (Å²) in [4.78, 5) is 20.9. The van der Waals surface area contributed by atoms with E-state index in [0.29, 0.717) is 48.7 Å². The maximum absolute atomic E-state index is 14.0. The van der Waals surface area contributed by atoms with Crippen LogP contribution in [0.5, 0.6) is 0 Å². The summed E-state index contributed by atoms with van der Waals surface area (Å²) in [5, 5.41) is 0. The van der Waals surface area contributed by atoms with Gasteiger partial charge in [-0.2, -0.15) is 13.2 Å². The number of rotatable bonds is 5. The smallest absolute Gasteiger partial charge is 0.354 e. The molecule has 1 aliphatic heterocycles. The molecule has 1 saturated heterocycles. The van der Waals surface area contributed by atoms with E-state index < -0.39 is 11.7 Å². The second-order valence-electron chi connectivity index (χ2n) is 8.02. The zero-order chi connectivity index (χ0) is 23.6. The number of Topliss-reactive ketones (excluding diaryl/α,β-unsaturated/α-hetero) is 1. The molecular weight excluding hydrogens is 434 g/mol. The molecule has 0 bridgehead atoms. The highest BCUT2D eigenvalue weighted by molar-refractivity contribution is 6.00. The minimum Gasteiger partial charge on any atom is -0.354 e. The SMILES string of the molecule is CC(C(=O)c1ccc(-c2ccccc2F)cc1)N1CCN(c2ccc(C(F)(F)F)cn2)CC1. The molecule has 0 radical (unpaired) electrons. The highest BCUT2D eigenvalue weighted by atomic mass is 19.4. The zero-order valence-electron chi connectivity index (χ0n) is 18.0. The molecule has 2 heterocycles. The Balaban J connectivity index is 1.37. The van der Waals surface area contributed by atoms with Crippen LogP contribution in [-0.2, 0) is 6.18 Å². The Bertz CT molecular complexity index is 1110. The molecule has 1 aliphatic rings. The summed E-state index contributed by atoms with van der Waals surface area (Å²) in [6.45, 7) is 4.13. The molecule has 3 aromatic rings. The third-order valence-corrected chi connectivity index (χ3v) is 5.99. The molecule has 4 nitrogen and oxygen atoms in total. The van der Waals surface area contributed by atoms with Crippen molar-refractivity contribution in [3.05, 3.63) is 83.8 Å². The van der Waals surface area contributed by atoms with E-state index in [0.717, 1.165) is 12.3 Å². The van der Waals surface area contributed by atoms with Gasteiger partial charge < -0.3 is 4.90 Å². The van der Waals surface area contributed by atoms with Gasteiger partial charge in [-0.15, -0.1) is 0 Å². The third-order valence-electron chi connectivity index (χ3n) is 5.99. The van der Waals surface area contributed by atoms with E-state index in [9.17, 15) is 22.4 Å². The van der Waals surface area contributed by atoms with Crippen LogP contribution >= 0.6 is 0 Å². The molecule has 0 N–H and O–H groups in total. The molecule has 33 heavy (non-hydrogen) atoms. The molecule has 8 heteroatoms. The van der Waals surface area contributed by atoms with Gasteiger partial charge in [0.25, 0.3) is 0 Å². The summed E-state index contributed by atoms with van der Waals surface area (Å²) in [6, 6.07) is 15.5. The molecule has 0 saturated carbocycles. The first-order chi connectivity index (χ1) is 15.7. The van der Waals surface area contributed by atoms with Gasteiger partial charge in [-0.25, -0.2) is 9.37 Å². The Kier molecular flexibility index (Phi) is 6.47. The van der Waals surface area contributed by atoms with E-state index in [4.69, 9.17) is 0 Å². The first kappa shape index (κ1) is 22.9. The average Bonchev–Trinajstić information content (AvgIpc) is 2.83. The van der Waals surface area contributed by atoms with E-state index in [1.165, 1.54) is 12.1 Å². The Hall–Kier alpha value is -3.26. The lowest BCUT2D eigenvalue weighted by molar-refractivity contribution is -0.137. The Labute approximate surface area is 189 Å². The van der Waals surface area contributed by atoms with Gasteiger partial charge in [0.1, 0.15) is 11.6 Å². The maximum Gasteiger partial charge on any atom is 0.417 e. The van der Waals surface area contributed by atoms with Crippen molar-refractivity contribution < 1.29 is 22.4 Å². The van der Waals surface area contributed by atoms with Crippen molar-refractivity contribution in [1.82, 2.24) is 9.88 Å². The summed E-state index contributed by atoms with van der Waals surface area (Å²) in [7, 11) is 0. The van der Waals surface area contributed by atoms with Gasteiger partial charge in [-0.3, -0.25) is 9.69 Å². The van der Waals surface area contributed by atoms with Crippen molar-refractivity contribution in [2.45, 2.75) is 19.1 Å². The second kappa shape index (κ2) is 9.31. The number of nitrogens with zero attached hydrogens (tertiary/aromatic N) is 3. The predicted octanol–water partition coefficient (Wildman–Crippen LogP) is 5.30. The fourth-order valence-corrected chi connectivity index (χ4v) is 4.00. The van der Waals surface area contributed by atoms with Crippen molar-refractivity contribution in [3.8, 4) is 11.1 Å².